The van der Waals surface area contributed by atoms with E-state index < -0.39 is 114 Å². The van der Waals surface area contributed by atoms with Gasteiger partial charge >= 0.3 is 0 Å². The average molecular weight is 613 g/mol. The highest BCUT2D eigenvalue weighted by molar-refractivity contribution is 6.27. The van der Waals surface area contributed by atoms with Crippen molar-refractivity contribution in [2.45, 2.75) is 19.3 Å². The van der Waals surface area contributed by atoms with Crippen LogP contribution in [0.25, 0.3) is 98.0 Å². The van der Waals surface area contributed by atoms with Crippen LogP contribution in [0.15, 0.2) is 145 Å². The number of hydrogen-bond acceptors (Lipinski definition) is 0. The highest BCUT2D eigenvalue weighted by Gasteiger charge is 2.37. The Morgan fingerprint density at radius 3 is 1.53 bits per heavy atom. The summed E-state index contributed by atoms with van der Waals surface area (Å²) in [5.74, 6) is 0. The second-order valence-corrected chi connectivity index (χ2v) is 12.6. The molecule has 0 bridgehead atoms. The molecular weight excluding hydrogens is 565 g/mol. The lowest BCUT2D eigenvalue weighted by Crippen LogP contribution is -2.15. The molecule has 0 heteroatoms. The Morgan fingerprint density at radius 1 is 0.426 bits per heavy atom. The molecule has 10 aromatic carbocycles. The van der Waals surface area contributed by atoms with Gasteiger partial charge in [-0.25, -0.2) is 0 Å². The van der Waals surface area contributed by atoms with Gasteiger partial charge in [-0.15, -0.1) is 0 Å². The van der Waals surface area contributed by atoms with Crippen LogP contribution in [0.4, 0.5) is 0 Å². The smallest absolute Gasteiger partial charge is 0.0619 e. The van der Waals surface area contributed by atoms with E-state index in [4.69, 9.17) is 13.7 Å². The maximum absolute atomic E-state index is 9.75. The van der Waals surface area contributed by atoms with Crippen LogP contribution in [0.5, 0.6) is 0 Å². The minimum atomic E-state index is -0.824. The fourth-order valence-corrected chi connectivity index (χ4v) is 7.70. The second kappa shape index (κ2) is 8.75. The molecule has 0 spiro atoms. The Bertz CT molecular complexity index is 3900. The van der Waals surface area contributed by atoms with E-state index in [9.17, 15) is 11.0 Å². The van der Waals surface area contributed by atoms with Crippen LogP contribution in [-0.2, 0) is 5.41 Å². The van der Waals surface area contributed by atoms with Crippen molar-refractivity contribution in [1.29, 1.82) is 0 Å². The number of hydrogen-bond donors (Lipinski definition) is 0. The number of fused-ring (bicyclic) bond motifs is 3. The van der Waals surface area contributed by atoms with Crippen molar-refractivity contribution in [2.24, 2.45) is 0 Å². The van der Waals surface area contributed by atoms with Crippen LogP contribution in [-0.4, -0.2) is 0 Å². The molecule has 0 fully saturated rings. The summed E-state index contributed by atoms with van der Waals surface area (Å²) >= 11 is 0. The van der Waals surface area contributed by atoms with E-state index in [1.54, 1.807) is 12.1 Å². The molecular formula is C47H30. The van der Waals surface area contributed by atoms with Crippen molar-refractivity contribution < 1.29 is 24.7 Å². The SMILES string of the molecule is [2H]c1c([2H])c2c([2H])c([2H])c3c([2H])c([2H])c(-c4cc(-c5c([2H])c([2H])c6c([2H])c([2H])c7c([2H])c([2H])c([2H])c8c([2H])c([2H])c5c6c78)c5c(c4)C(C)(C)c4ccccc4-5)c4c([2H])c([2H])c(c1[2H])c2c34. The van der Waals surface area contributed by atoms with Gasteiger partial charge < -0.3 is 0 Å². The molecule has 0 amide bonds. The third kappa shape index (κ3) is 3.23. The first-order valence-corrected chi connectivity index (χ1v) is 15.2. The van der Waals surface area contributed by atoms with Crippen molar-refractivity contribution in [2.75, 3.05) is 0 Å². The summed E-state index contributed by atoms with van der Waals surface area (Å²) < 4.78 is 164. The highest BCUT2D eigenvalue weighted by Crippen LogP contribution is 2.55. The lowest BCUT2D eigenvalue weighted by molar-refractivity contribution is 0.661. The van der Waals surface area contributed by atoms with Gasteiger partial charge in [0.2, 0.25) is 0 Å². The Balaban J connectivity index is 1.40. The van der Waals surface area contributed by atoms with Gasteiger partial charge in [-0.3, -0.25) is 0 Å². The van der Waals surface area contributed by atoms with E-state index in [2.05, 4.69) is 0 Å². The van der Waals surface area contributed by atoms with Gasteiger partial charge in [0.15, 0.2) is 0 Å². The summed E-state index contributed by atoms with van der Waals surface area (Å²) in [5.41, 5.74) is 2.23. The van der Waals surface area contributed by atoms with Crippen molar-refractivity contribution in [3.05, 3.63) is 156 Å². The summed E-state index contributed by atoms with van der Waals surface area (Å²) in [6.45, 7) is 3.92. The zero-order valence-corrected chi connectivity index (χ0v) is 25.0. The quantitative estimate of drug-likeness (QED) is 0.170. The van der Waals surface area contributed by atoms with E-state index in [0.29, 0.717) is 11.1 Å². The van der Waals surface area contributed by atoms with Crippen LogP contribution < -0.4 is 0 Å². The molecule has 218 valence electrons. The van der Waals surface area contributed by atoms with E-state index in [-0.39, 0.29) is 86.9 Å². The number of benzene rings is 10. The molecule has 0 heterocycles. The zero-order valence-electron chi connectivity index (χ0n) is 43.0. The Morgan fingerprint density at radius 2 is 0.915 bits per heavy atom. The fraction of sp³-hybridized carbons (Fsp3) is 0.0638. The van der Waals surface area contributed by atoms with Crippen LogP contribution in [0.2, 0.25) is 0 Å². The van der Waals surface area contributed by atoms with Gasteiger partial charge in [0.1, 0.15) is 0 Å². The predicted octanol–water partition coefficient (Wildman–Crippen LogP) is 13.1. The molecule has 1 aliphatic carbocycles. The van der Waals surface area contributed by atoms with Gasteiger partial charge in [-0.05, 0) is 121 Å². The van der Waals surface area contributed by atoms with E-state index in [1.807, 2.05) is 38.1 Å². The second-order valence-electron chi connectivity index (χ2n) is 12.6. The molecule has 0 aliphatic heterocycles. The predicted molar refractivity (Wildman–Crippen MR) is 202 cm³/mol. The zero-order chi connectivity index (χ0) is 46.7. The van der Waals surface area contributed by atoms with Crippen molar-refractivity contribution in [3.8, 4) is 33.4 Å². The molecule has 11 rings (SSSR count). The van der Waals surface area contributed by atoms with Crippen LogP contribution in [0.1, 0.15) is 49.6 Å². The van der Waals surface area contributed by atoms with Gasteiger partial charge in [0, 0.05) is 5.41 Å². The summed E-state index contributed by atoms with van der Waals surface area (Å²) in [5, 5.41) is -1.41. The maximum atomic E-state index is 9.75. The molecule has 47 heavy (non-hydrogen) atoms. The normalized spacial score (nSPS) is 19.3. The van der Waals surface area contributed by atoms with Gasteiger partial charge in [0.05, 0.1) is 24.7 Å². The molecule has 10 aromatic rings. The lowest BCUT2D eigenvalue weighted by Gasteiger charge is -2.24. The minimum Gasteiger partial charge on any atom is -0.0619 e. The largest absolute Gasteiger partial charge is 0.0630 e. The van der Waals surface area contributed by atoms with Crippen molar-refractivity contribution >= 4 is 64.6 Å². The topological polar surface area (TPSA) is 0 Å². The maximum Gasteiger partial charge on any atom is 0.0630 e. The molecule has 1 aliphatic rings. The molecule has 0 saturated carbocycles. The highest BCUT2D eigenvalue weighted by atomic mass is 14.4. The Labute approximate surface area is 298 Å². The van der Waals surface area contributed by atoms with Gasteiger partial charge in [0.25, 0.3) is 0 Å². The van der Waals surface area contributed by atoms with Crippen LogP contribution in [0.3, 0.4) is 0 Å². The van der Waals surface area contributed by atoms with Crippen LogP contribution in [0, 0.1) is 0 Å². The standard InChI is InChI=1S/C47H30/c1-47(2)40-12-4-3-11-38(40)46-39(35-22-18-32-16-14-28-8-6-10-30-20-24-37(35)45(32)43(28)30)25-33(26-41(46)47)34-21-17-31-15-13-27-7-5-9-29-19-23-36(34)44(31)42(27)29/h3-26H,1-2H3/i5D,6D,7D,8D,9D,10D,13D,14D,15D,16D,17D,18D,19D,20D,21D,22D,23D,24D. The summed E-state index contributed by atoms with van der Waals surface area (Å²) in [6, 6.07) is 1.43. The summed E-state index contributed by atoms with van der Waals surface area (Å²) in [6.07, 6.45) is 0. The molecule has 0 unspecified atom stereocenters. The molecule has 0 aromatic heterocycles. The fourth-order valence-electron chi connectivity index (χ4n) is 7.70. The van der Waals surface area contributed by atoms with Crippen molar-refractivity contribution in [1.82, 2.24) is 0 Å². The first-order chi connectivity index (χ1) is 30.6. The molecule has 0 nitrogen and oxygen atoms in total. The van der Waals surface area contributed by atoms with E-state index in [1.165, 1.54) is 0 Å². The van der Waals surface area contributed by atoms with Gasteiger partial charge in [-0.1, -0.05) is 147 Å². The van der Waals surface area contributed by atoms with E-state index in [0.717, 1.165) is 11.1 Å². The Kier molecular flexibility index (Phi) is 2.60. The molecule has 0 radical (unpaired) electrons. The monoisotopic (exact) mass is 612 g/mol. The van der Waals surface area contributed by atoms with Crippen molar-refractivity contribution in [3.63, 3.8) is 0 Å². The van der Waals surface area contributed by atoms with E-state index >= 15 is 0 Å². The number of rotatable bonds is 2. The molecule has 0 saturated heterocycles. The minimum absolute atomic E-state index is 0.00424. The molecule has 0 N–H and O–H groups in total. The summed E-state index contributed by atoms with van der Waals surface area (Å²) in [4.78, 5) is 0. The van der Waals surface area contributed by atoms with Gasteiger partial charge in [-0.2, -0.15) is 0 Å². The average Bonchev–Trinajstić information content (AvgIpc) is 3.50. The Hall–Kier alpha value is -5.72. The molecule has 0 atom stereocenters. The first kappa shape index (κ1) is 14.0. The lowest BCUT2D eigenvalue weighted by atomic mass is 9.79. The third-order valence-corrected chi connectivity index (χ3v) is 9.86. The first-order valence-electron chi connectivity index (χ1n) is 24.2. The third-order valence-electron chi connectivity index (χ3n) is 9.86. The summed E-state index contributed by atoms with van der Waals surface area (Å²) in [7, 11) is 0. The van der Waals surface area contributed by atoms with Crippen LogP contribution >= 0.6 is 0 Å².